The van der Waals surface area contributed by atoms with E-state index in [0.29, 0.717) is 24.4 Å². The van der Waals surface area contributed by atoms with Gasteiger partial charge in [0, 0.05) is 49.7 Å². The molecule has 2 aliphatic carbocycles. The van der Waals surface area contributed by atoms with Crippen molar-refractivity contribution in [2.24, 2.45) is 0 Å². The Morgan fingerprint density at radius 2 is 1.39 bits per heavy atom. The fraction of sp³-hybridized carbons (Fsp3) is 0.333. The second kappa shape index (κ2) is 12.2. The van der Waals surface area contributed by atoms with E-state index in [-0.39, 0.29) is 28.2 Å². The Morgan fingerprint density at radius 3 is 1.86 bits per heavy atom. The Balaban J connectivity index is 1.88. The Morgan fingerprint density at radius 1 is 0.806 bits per heavy atom. The lowest BCUT2D eigenvalue weighted by atomic mass is 9.78. The molecular formula is C30H36N2O4. The summed E-state index contributed by atoms with van der Waals surface area (Å²) in [5, 5.41) is 21.4. The van der Waals surface area contributed by atoms with E-state index < -0.39 is 11.6 Å². The molecule has 0 aliphatic heterocycles. The molecule has 6 nitrogen and oxygen atoms in total. The van der Waals surface area contributed by atoms with Crippen LogP contribution < -0.4 is 4.90 Å². The Kier molecular flexibility index (Phi) is 9.12. The van der Waals surface area contributed by atoms with E-state index in [1.54, 1.807) is 12.2 Å². The van der Waals surface area contributed by atoms with Gasteiger partial charge in [-0.15, -0.1) is 13.2 Å². The van der Waals surface area contributed by atoms with Gasteiger partial charge in [0.05, 0.1) is 16.7 Å². The van der Waals surface area contributed by atoms with Crippen LogP contribution in [0.1, 0.15) is 45.1 Å². The maximum Gasteiger partial charge on any atom is 0.202 e. The molecule has 0 aromatic heterocycles. The Labute approximate surface area is 213 Å². The highest BCUT2D eigenvalue weighted by atomic mass is 16.3. The average Bonchev–Trinajstić information content (AvgIpc) is 2.86. The molecule has 0 amide bonds. The molecule has 0 radical (unpaired) electrons. The van der Waals surface area contributed by atoms with Gasteiger partial charge in [0.25, 0.3) is 0 Å². The third-order valence-electron chi connectivity index (χ3n) is 6.39. The summed E-state index contributed by atoms with van der Waals surface area (Å²) in [5.74, 6) is -1.60. The van der Waals surface area contributed by atoms with Gasteiger partial charge in [0.15, 0.2) is 5.78 Å². The van der Waals surface area contributed by atoms with Crippen LogP contribution in [-0.4, -0.2) is 52.9 Å². The molecule has 2 aliphatic rings. The number of unbranched alkanes of at least 4 members (excludes halogenated alkanes) is 2. The molecule has 1 aromatic carbocycles. The first kappa shape index (κ1) is 26.8. The first-order valence-corrected chi connectivity index (χ1v) is 12.6. The molecule has 6 heteroatoms. The van der Waals surface area contributed by atoms with Crippen LogP contribution in [0.25, 0.3) is 5.57 Å². The molecule has 3 rings (SSSR count). The van der Waals surface area contributed by atoms with E-state index in [1.165, 1.54) is 12.2 Å². The zero-order chi connectivity index (χ0) is 26.2. The number of hydrogen-bond donors (Lipinski definition) is 2. The normalized spacial score (nSPS) is 17.4. The minimum Gasteiger partial charge on any atom is -0.507 e. The summed E-state index contributed by atoms with van der Waals surface area (Å²) in [4.78, 5) is 30.1. The fourth-order valence-electron chi connectivity index (χ4n) is 4.43. The van der Waals surface area contributed by atoms with E-state index in [0.717, 1.165) is 44.5 Å². The van der Waals surface area contributed by atoms with Crippen LogP contribution in [0.5, 0.6) is 0 Å². The van der Waals surface area contributed by atoms with Crippen molar-refractivity contribution < 1.29 is 19.8 Å². The molecular weight excluding hydrogens is 452 g/mol. The van der Waals surface area contributed by atoms with Gasteiger partial charge in [0.2, 0.25) is 5.78 Å². The van der Waals surface area contributed by atoms with E-state index in [2.05, 4.69) is 31.9 Å². The Hall–Kier alpha value is -3.80. The van der Waals surface area contributed by atoms with Crippen molar-refractivity contribution in [1.82, 2.24) is 4.90 Å². The standard InChI is InChI=1S/C30H36N2O4/c1-5-9-17-32(18-10-6-2)22-13-11-21(12-14-22)26-29(35)28(30(26)36)27-24(33)19-23(20-25(27)34)31(15-7-3)16-8-4/h7-8,11-14,19-20,33,35H,3-6,9-10,15-18H2,1-2H3/b28-27-. The maximum atomic E-state index is 13.1. The SMILES string of the molecule is C=CCN(CC=C)C1=CC(=O)/C(=C2\C(=O)C(c3ccc(N(CCCC)CCCC)cc3)=C2O)C(O)=C1. The van der Waals surface area contributed by atoms with E-state index >= 15 is 0 Å². The summed E-state index contributed by atoms with van der Waals surface area (Å²) in [6, 6.07) is 7.57. The van der Waals surface area contributed by atoms with Crippen molar-refractivity contribution in [3.63, 3.8) is 0 Å². The molecule has 0 saturated heterocycles. The number of Topliss-reactive ketones (excluding diaryl/α,β-unsaturated/α-hetero) is 1. The van der Waals surface area contributed by atoms with Crippen molar-refractivity contribution in [2.45, 2.75) is 39.5 Å². The van der Waals surface area contributed by atoms with Crippen molar-refractivity contribution in [3.05, 3.63) is 95.7 Å². The summed E-state index contributed by atoms with van der Waals surface area (Å²) in [7, 11) is 0. The highest BCUT2D eigenvalue weighted by molar-refractivity contribution is 6.41. The number of allylic oxidation sites excluding steroid dienone is 5. The van der Waals surface area contributed by atoms with Crippen molar-refractivity contribution in [3.8, 4) is 0 Å². The highest BCUT2D eigenvalue weighted by Gasteiger charge is 2.40. The van der Waals surface area contributed by atoms with Crippen molar-refractivity contribution in [2.75, 3.05) is 31.1 Å². The van der Waals surface area contributed by atoms with E-state index in [4.69, 9.17) is 0 Å². The molecule has 0 atom stereocenters. The summed E-state index contributed by atoms with van der Waals surface area (Å²) >= 11 is 0. The number of carbonyl (C=O) groups excluding carboxylic acids is 2. The third-order valence-corrected chi connectivity index (χ3v) is 6.39. The summed E-state index contributed by atoms with van der Waals surface area (Å²) < 4.78 is 0. The number of aliphatic hydroxyl groups excluding tert-OH is 2. The summed E-state index contributed by atoms with van der Waals surface area (Å²) in [6.07, 6.45) is 10.6. The number of rotatable bonds is 13. The van der Waals surface area contributed by atoms with Crippen LogP contribution in [0.2, 0.25) is 0 Å². The third kappa shape index (κ3) is 5.54. The molecule has 0 heterocycles. The molecule has 0 saturated carbocycles. The van der Waals surface area contributed by atoms with Gasteiger partial charge >= 0.3 is 0 Å². The van der Waals surface area contributed by atoms with Crippen LogP contribution in [0, 0.1) is 0 Å². The first-order chi connectivity index (χ1) is 17.4. The molecule has 0 unspecified atom stereocenters. The Bertz CT molecular complexity index is 1130. The highest BCUT2D eigenvalue weighted by Crippen LogP contribution is 2.41. The second-order valence-electron chi connectivity index (χ2n) is 8.99. The maximum absolute atomic E-state index is 13.1. The number of benzene rings is 1. The largest absolute Gasteiger partial charge is 0.507 e. The molecule has 36 heavy (non-hydrogen) atoms. The predicted octanol–water partition coefficient (Wildman–Crippen LogP) is 5.82. The van der Waals surface area contributed by atoms with Crippen molar-refractivity contribution >= 4 is 22.8 Å². The number of hydrogen-bond acceptors (Lipinski definition) is 6. The second-order valence-corrected chi connectivity index (χ2v) is 8.99. The number of anilines is 1. The number of ketones is 2. The van der Waals surface area contributed by atoms with Crippen LogP contribution in [-0.2, 0) is 9.59 Å². The van der Waals surface area contributed by atoms with Gasteiger partial charge in [-0.1, -0.05) is 51.0 Å². The van der Waals surface area contributed by atoms with E-state index in [1.807, 2.05) is 29.2 Å². The van der Waals surface area contributed by atoms with E-state index in [9.17, 15) is 19.8 Å². The predicted molar refractivity (Wildman–Crippen MR) is 146 cm³/mol. The average molecular weight is 489 g/mol. The molecule has 1 aromatic rings. The van der Waals surface area contributed by atoms with Gasteiger partial charge in [-0.25, -0.2) is 0 Å². The van der Waals surface area contributed by atoms with Crippen LogP contribution in [0.4, 0.5) is 5.69 Å². The first-order valence-electron chi connectivity index (χ1n) is 12.6. The number of aliphatic hydroxyl groups is 2. The zero-order valence-corrected chi connectivity index (χ0v) is 21.3. The monoisotopic (exact) mass is 488 g/mol. The smallest absolute Gasteiger partial charge is 0.202 e. The minimum atomic E-state index is -0.532. The van der Waals surface area contributed by atoms with Crippen molar-refractivity contribution in [1.29, 1.82) is 0 Å². The van der Waals surface area contributed by atoms with Gasteiger partial charge in [-0.05, 0) is 30.5 Å². The summed E-state index contributed by atoms with van der Waals surface area (Å²) in [5.41, 5.74) is 1.99. The lowest BCUT2D eigenvalue weighted by Gasteiger charge is -2.28. The molecule has 0 bridgehead atoms. The molecule has 0 spiro atoms. The van der Waals surface area contributed by atoms with Gasteiger partial charge in [-0.2, -0.15) is 0 Å². The molecule has 190 valence electrons. The minimum absolute atomic E-state index is 0.144. The quantitative estimate of drug-likeness (QED) is 0.269. The van der Waals surface area contributed by atoms with Gasteiger partial charge < -0.3 is 20.0 Å². The van der Waals surface area contributed by atoms with Gasteiger partial charge in [0.1, 0.15) is 11.5 Å². The summed E-state index contributed by atoms with van der Waals surface area (Å²) in [6.45, 7) is 14.6. The van der Waals surface area contributed by atoms with Crippen LogP contribution in [0.3, 0.4) is 0 Å². The molecule has 0 fully saturated rings. The lowest BCUT2D eigenvalue weighted by molar-refractivity contribution is -0.114. The topological polar surface area (TPSA) is 81.1 Å². The lowest BCUT2D eigenvalue weighted by Crippen LogP contribution is -2.29. The zero-order valence-electron chi connectivity index (χ0n) is 21.3. The molecule has 2 N–H and O–H groups in total. The fourth-order valence-corrected chi connectivity index (χ4v) is 4.43. The van der Waals surface area contributed by atoms with Gasteiger partial charge in [-0.3, -0.25) is 9.59 Å². The number of nitrogens with zero attached hydrogens (tertiary/aromatic N) is 2. The van der Waals surface area contributed by atoms with Crippen LogP contribution >= 0.6 is 0 Å². The van der Waals surface area contributed by atoms with Crippen LogP contribution in [0.15, 0.2) is 90.1 Å². The number of carbonyl (C=O) groups is 2.